The number of benzene rings is 1. The Hall–Kier alpha value is -3.50. The molecule has 1 spiro atoms. The molecule has 10 nitrogen and oxygen atoms in total. The van der Waals surface area contributed by atoms with Crippen LogP contribution in [0.1, 0.15) is 82.8 Å². The average molecular weight is 648 g/mol. The molecule has 6 rings (SSSR count). The van der Waals surface area contributed by atoms with Gasteiger partial charge in [-0.05, 0) is 51.0 Å². The van der Waals surface area contributed by atoms with Crippen molar-refractivity contribution in [3.63, 3.8) is 0 Å². The first-order valence-corrected chi connectivity index (χ1v) is 17.5. The summed E-state index contributed by atoms with van der Waals surface area (Å²) in [6.07, 6.45) is 13.7. The molecule has 3 fully saturated rings. The molecule has 254 valence electrons. The first kappa shape index (κ1) is 33.4. The number of likely N-dealkylation sites (tertiary alicyclic amines) is 1. The van der Waals surface area contributed by atoms with E-state index >= 15 is 0 Å². The molecule has 1 saturated carbocycles. The monoisotopic (exact) mass is 647 g/mol. The molecular weight excluding hydrogens is 598 g/mol. The van der Waals surface area contributed by atoms with Gasteiger partial charge in [-0.15, -0.1) is 0 Å². The molecule has 4 heterocycles. The molecule has 0 bridgehead atoms. The number of hydrogen-bond donors (Lipinski definition) is 1. The fraction of sp³-hybridized carbons (Fsp3) is 0.622. The maximum Gasteiger partial charge on any atom is 0.313 e. The van der Waals surface area contributed by atoms with Gasteiger partial charge in [-0.2, -0.15) is 0 Å². The van der Waals surface area contributed by atoms with Gasteiger partial charge in [0, 0.05) is 39.2 Å². The lowest BCUT2D eigenvalue weighted by atomic mass is 9.77. The zero-order valence-electron chi connectivity index (χ0n) is 27.7. The summed E-state index contributed by atoms with van der Waals surface area (Å²) in [5, 5.41) is 9.38. The van der Waals surface area contributed by atoms with Gasteiger partial charge in [-0.3, -0.25) is 19.2 Å². The summed E-state index contributed by atoms with van der Waals surface area (Å²) in [4.78, 5) is 62.2. The van der Waals surface area contributed by atoms with Crippen LogP contribution in [0, 0.1) is 11.8 Å². The molecule has 4 aliphatic heterocycles. The lowest BCUT2D eigenvalue weighted by molar-refractivity contribution is -0.164. The Morgan fingerprint density at radius 1 is 0.957 bits per heavy atom. The molecule has 1 aromatic carbocycles. The minimum atomic E-state index is -1.34. The van der Waals surface area contributed by atoms with Crippen molar-refractivity contribution in [1.82, 2.24) is 14.7 Å². The average Bonchev–Trinajstić information content (AvgIpc) is 3.47. The van der Waals surface area contributed by atoms with Crippen LogP contribution in [0.4, 0.5) is 0 Å². The molecule has 3 amide bonds. The van der Waals surface area contributed by atoms with Crippen LogP contribution in [0.15, 0.2) is 54.6 Å². The number of fused-ring (bicyclic) bond motifs is 2. The fourth-order valence-electron chi connectivity index (χ4n) is 8.44. The number of ether oxygens (including phenoxy) is 2. The molecule has 1 aromatic rings. The van der Waals surface area contributed by atoms with Crippen molar-refractivity contribution >= 4 is 23.7 Å². The van der Waals surface area contributed by atoms with Gasteiger partial charge in [0.2, 0.25) is 17.7 Å². The number of hydrogen-bond acceptors (Lipinski definition) is 7. The van der Waals surface area contributed by atoms with Crippen LogP contribution in [0.3, 0.4) is 0 Å². The van der Waals surface area contributed by atoms with Crippen LogP contribution in [0.2, 0.25) is 0 Å². The third-order valence-electron chi connectivity index (χ3n) is 11.0. The van der Waals surface area contributed by atoms with E-state index in [1.165, 1.54) is 0 Å². The van der Waals surface area contributed by atoms with Gasteiger partial charge < -0.3 is 29.3 Å². The highest BCUT2D eigenvalue weighted by atomic mass is 16.6. The van der Waals surface area contributed by atoms with E-state index in [0.717, 1.165) is 37.7 Å². The number of carbonyl (C=O) groups excluding carboxylic acids is 4. The number of cyclic esters (lactones) is 1. The Morgan fingerprint density at radius 2 is 1.72 bits per heavy atom. The van der Waals surface area contributed by atoms with E-state index in [4.69, 9.17) is 9.47 Å². The Balaban J connectivity index is 1.40. The van der Waals surface area contributed by atoms with Gasteiger partial charge in [0.15, 0.2) is 0 Å². The number of likely N-dealkylation sites (N-methyl/N-ethyl adjacent to an activating group) is 1. The molecule has 47 heavy (non-hydrogen) atoms. The Labute approximate surface area is 277 Å². The summed E-state index contributed by atoms with van der Waals surface area (Å²) >= 11 is 0. The third kappa shape index (κ3) is 6.26. The highest BCUT2D eigenvalue weighted by Crippen LogP contribution is 2.53. The second-order valence-electron chi connectivity index (χ2n) is 13.8. The van der Waals surface area contributed by atoms with Crippen LogP contribution < -0.4 is 0 Å². The predicted molar refractivity (Wildman–Crippen MR) is 175 cm³/mol. The van der Waals surface area contributed by atoms with E-state index in [2.05, 4.69) is 0 Å². The second kappa shape index (κ2) is 14.3. The van der Waals surface area contributed by atoms with E-state index in [1.54, 1.807) is 22.9 Å². The van der Waals surface area contributed by atoms with Crippen LogP contribution >= 0.6 is 0 Å². The van der Waals surface area contributed by atoms with Gasteiger partial charge >= 0.3 is 5.97 Å². The molecule has 0 aromatic heterocycles. The number of aliphatic hydroxyl groups is 1. The highest BCUT2D eigenvalue weighted by molar-refractivity contribution is 5.99. The number of aliphatic hydroxyl groups excluding tert-OH is 1. The minimum absolute atomic E-state index is 0.0634. The van der Waals surface area contributed by atoms with Crippen LogP contribution in [-0.2, 0) is 28.7 Å². The molecule has 5 aliphatic rings. The molecule has 0 radical (unpaired) electrons. The maximum absolute atomic E-state index is 14.7. The SMILES string of the molecule is C[C@@H]1[C@@H](c2ccccc2)OC(=O)[C@@H]2[C@H]3C(=O)N(CCCCCO)[C@@H]4C(=O)N(C5CCCCC5)CC=C[C@]34O[C@@H]2/C=C\CCC(=O)N1C. The van der Waals surface area contributed by atoms with E-state index in [9.17, 15) is 24.3 Å². The zero-order chi connectivity index (χ0) is 33.1. The number of amides is 3. The van der Waals surface area contributed by atoms with Gasteiger partial charge in [0.1, 0.15) is 23.7 Å². The lowest BCUT2D eigenvalue weighted by Gasteiger charge is -2.39. The van der Waals surface area contributed by atoms with Gasteiger partial charge in [-0.1, -0.05) is 73.9 Å². The number of unbranched alkanes of at least 4 members (excludes halogenated alkanes) is 2. The minimum Gasteiger partial charge on any atom is -0.455 e. The van der Waals surface area contributed by atoms with E-state index in [0.29, 0.717) is 38.8 Å². The number of carbonyl (C=O) groups is 4. The molecule has 7 atom stereocenters. The fourth-order valence-corrected chi connectivity index (χ4v) is 8.44. The van der Waals surface area contributed by atoms with Crippen LogP contribution in [0.25, 0.3) is 0 Å². The van der Waals surface area contributed by atoms with Crippen molar-refractivity contribution in [1.29, 1.82) is 0 Å². The predicted octanol–water partition coefficient (Wildman–Crippen LogP) is 3.94. The topological polar surface area (TPSA) is 117 Å². The summed E-state index contributed by atoms with van der Waals surface area (Å²) in [5.41, 5.74) is -0.590. The third-order valence-corrected chi connectivity index (χ3v) is 11.0. The summed E-state index contributed by atoms with van der Waals surface area (Å²) in [6, 6.07) is 8.10. The first-order valence-electron chi connectivity index (χ1n) is 17.5. The summed E-state index contributed by atoms with van der Waals surface area (Å²) in [5.74, 6) is -2.98. The van der Waals surface area contributed by atoms with Gasteiger partial charge in [0.05, 0.1) is 18.1 Å². The van der Waals surface area contributed by atoms with Crippen molar-refractivity contribution in [2.24, 2.45) is 11.8 Å². The highest BCUT2D eigenvalue weighted by Gasteiger charge is 2.72. The number of rotatable bonds is 7. The Morgan fingerprint density at radius 3 is 2.47 bits per heavy atom. The Bertz CT molecular complexity index is 1370. The molecule has 1 aliphatic carbocycles. The molecule has 10 heteroatoms. The Kier molecular flexibility index (Phi) is 10.2. The molecule has 0 unspecified atom stereocenters. The maximum atomic E-state index is 14.7. The first-order chi connectivity index (χ1) is 22.8. The molecule has 1 N–H and O–H groups in total. The standard InChI is InChI=1S/C37H49N3O7/c1-25-32(26-15-6-3-7-16-26)46-36(45)30-28(19-10-11-20-29(42)38(25)2)47-37-21-14-23-39(27-17-8-4-9-18-27)35(44)33(37)40(34(43)31(30)37)22-12-5-13-24-41/h3,6-7,10,14-16,19,21,25,27-28,30-33,41H,4-5,8-9,11-13,17-18,20,22-24H2,1-2H3/b19-10-/t25-,28-,30+,31+,32+,33-,37+/m1/s1. The van der Waals surface area contributed by atoms with Gasteiger partial charge in [0.25, 0.3) is 0 Å². The quantitative estimate of drug-likeness (QED) is 0.271. The van der Waals surface area contributed by atoms with E-state index < -0.39 is 47.7 Å². The van der Waals surface area contributed by atoms with E-state index in [1.807, 2.05) is 60.4 Å². The van der Waals surface area contributed by atoms with Gasteiger partial charge in [-0.25, -0.2) is 0 Å². The normalized spacial score (nSPS) is 34.2. The summed E-state index contributed by atoms with van der Waals surface area (Å²) in [7, 11) is 1.72. The van der Waals surface area contributed by atoms with E-state index in [-0.39, 0.29) is 36.8 Å². The van der Waals surface area contributed by atoms with Crippen molar-refractivity contribution in [3.05, 3.63) is 60.2 Å². The van der Waals surface area contributed by atoms with Crippen molar-refractivity contribution in [2.45, 2.75) is 107 Å². The van der Waals surface area contributed by atoms with Crippen molar-refractivity contribution < 1.29 is 33.8 Å². The lowest BCUT2D eigenvalue weighted by Crippen LogP contribution is -2.57. The van der Waals surface area contributed by atoms with Crippen LogP contribution in [-0.4, -0.2) is 100 Å². The second-order valence-corrected chi connectivity index (χ2v) is 13.8. The smallest absolute Gasteiger partial charge is 0.313 e. The number of allylic oxidation sites excluding steroid dienone is 1. The largest absolute Gasteiger partial charge is 0.455 e. The van der Waals surface area contributed by atoms with Crippen molar-refractivity contribution in [2.75, 3.05) is 26.7 Å². The summed E-state index contributed by atoms with van der Waals surface area (Å²) < 4.78 is 13.2. The summed E-state index contributed by atoms with van der Waals surface area (Å²) in [6.45, 7) is 2.70. The van der Waals surface area contributed by atoms with Crippen molar-refractivity contribution in [3.8, 4) is 0 Å². The zero-order valence-corrected chi connectivity index (χ0v) is 27.7. The number of esters is 1. The molecule has 2 saturated heterocycles. The molecular formula is C37H49N3O7. The number of nitrogens with zero attached hydrogens (tertiary/aromatic N) is 3. The van der Waals surface area contributed by atoms with Crippen LogP contribution in [0.5, 0.6) is 0 Å².